The Bertz CT molecular complexity index is 283. The van der Waals surface area contributed by atoms with Crippen molar-refractivity contribution in [2.24, 2.45) is 11.5 Å². The van der Waals surface area contributed by atoms with Gasteiger partial charge in [-0.05, 0) is 33.6 Å². The second-order valence-electron chi connectivity index (χ2n) is 2.52. The predicted octanol–water partition coefficient (Wildman–Crippen LogP) is 1.97. The topological polar surface area (TPSA) is 52.0 Å². The van der Waals surface area contributed by atoms with E-state index in [4.69, 9.17) is 11.5 Å². The molecule has 1 rings (SSSR count). The lowest BCUT2D eigenvalue weighted by Crippen LogP contribution is -2.20. The van der Waals surface area contributed by atoms with Crippen molar-refractivity contribution in [2.75, 3.05) is 6.54 Å². The fourth-order valence-corrected chi connectivity index (χ4v) is 1.28. The first-order chi connectivity index (χ1) is 5.65. The predicted molar refractivity (Wildman–Crippen MR) is 57.3 cm³/mol. The third-order valence-corrected chi connectivity index (χ3v) is 2.23. The van der Waals surface area contributed by atoms with E-state index in [9.17, 15) is 4.39 Å². The third-order valence-electron chi connectivity index (χ3n) is 1.63. The van der Waals surface area contributed by atoms with Crippen molar-refractivity contribution >= 4 is 28.3 Å². The van der Waals surface area contributed by atoms with Gasteiger partial charge in [0.25, 0.3) is 0 Å². The number of halogens is 3. The van der Waals surface area contributed by atoms with E-state index in [0.717, 1.165) is 5.56 Å². The van der Waals surface area contributed by atoms with Gasteiger partial charge in [0.2, 0.25) is 0 Å². The zero-order valence-electron chi connectivity index (χ0n) is 6.84. The molecular formula is C8H11BrClFN2. The summed E-state index contributed by atoms with van der Waals surface area (Å²) in [5, 5.41) is 0. The molecule has 13 heavy (non-hydrogen) atoms. The molecule has 4 N–H and O–H groups in total. The molecule has 1 aromatic rings. The van der Waals surface area contributed by atoms with Crippen molar-refractivity contribution < 1.29 is 4.39 Å². The van der Waals surface area contributed by atoms with Crippen LogP contribution in [0.3, 0.4) is 0 Å². The van der Waals surface area contributed by atoms with Gasteiger partial charge in [0, 0.05) is 12.6 Å². The van der Waals surface area contributed by atoms with E-state index in [2.05, 4.69) is 15.9 Å². The summed E-state index contributed by atoms with van der Waals surface area (Å²) in [5.74, 6) is -0.289. The van der Waals surface area contributed by atoms with Crippen molar-refractivity contribution in [3.05, 3.63) is 34.1 Å². The highest BCUT2D eigenvalue weighted by Gasteiger charge is 2.05. The van der Waals surface area contributed by atoms with Gasteiger partial charge in [-0.3, -0.25) is 0 Å². The van der Waals surface area contributed by atoms with Gasteiger partial charge in [0.15, 0.2) is 0 Å². The Morgan fingerprint density at radius 3 is 2.54 bits per heavy atom. The van der Waals surface area contributed by atoms with Crippen LogP contribution in [0.5, 0.6) is 0 Å². The van der Waals surface area contributed by atoms with Crippen molar-refractivity contribution in [1.29, 1.82) is 0 Å². The first kappa shape index (κ1) is 12.8. The molecule has 0 aliphatic carbocycles. The van der Waals surface area contributed by atoms with Crippen LogP contribution >= 0.6 is 28.3 Å². The Labute approximate surface area is 91.0 Å². The molecule has 1 aromatic carbocycles. The van der Waals surface area contributed by atoms with Gasteiger partial charge in [-0.1, -0.05) is 6.07 Å². The van der Waals surface area contributed by atoms with E-state index in [1.165, 1.54) is 6.07 Å². The van der Waals surface area contributed by atoms with Crippen LogP contribution in [-0.2, 0) is 0 Å². The normalized spacial score (nSPS) is 12.0. The van der Waals surface area contributed by atoms with Crippen LogP contribution in [0, 0.1) is 5.82 Å². The Hall–Kier alpha value is -0.160. The molecule has 2 nitrogen and oxygen atoms in total. The maximum Gasteiger partial charge on any atom is 0.137 e. The molecular weight excluding hydrogens is 258 g/mol. The van der Waals surface area contributed by atoms with E-state index in [-0.39, 0.29) is 24.3 Å². The lowest BCUT2D eigenvalue weighted by molar-refractivity contribution is 0.618. The number of hydrogen-bond acceptors (Lipinski definition) is 2. The summed E-state index contributed by atoms with van der Waals surface area (Å²) in [4.78, 5) is 0. The van der Waals surface area contributed by atoms with Crippen LogP contribution < -0.4 is 11.5 Å². The minimum atomic E-state index is -0.289. The number of nitrogens with two attached hydrogens (primary N) is 2. The summed E-state index contributed by atoms with van der Waals surface area (Å²) in [6, 6.07) is 4.43. The fraction of sp³-hybridized carbons (Fsp3) is 0.250. The molecule has 0 bridgehead atoms. The molecule has 1 atom stereocenters. The molecule has 74 valence electrons. The van der Waals surface area contributed by atoms with Crippen molar-refractivity contribution in [1.82, 2.24) is 0 Å². The minimum Gasteiger partial charge on any atom is -0.329 e. The Kier molecular flexibility index (Phi) is 5.48. The highest BCUT2D eigenvalue weighted by molar-refractivity contribution is 9.10. The van der Waals surface area contributed by atoms with Gasteiger partial charge in [0.05, 0.1) is 4.47 Å². The Morgan fingerprint density at radius 2 is 2.08 bits per heavy atom. The third kappa shape index (κ3) is 3.23. The second kappa shape index (κ2) is 5.54. The summed E-state index contributed by atoms with van der Waals surface area (Å²) < 4.78 is 13.2. The zero-order chi connectivity index (χ0) is 9.14. The lowest BCUT2D eigenvalue weighted by Gasteiger charge is -2.08. The van der Waals surface area contributed by atoms with Crippen LogP contribution in [0.2, 0.25) is 0 Å². The van der Waals surface area contributed by atoms with E-state index in [1.807, 2.05) is 0 Å². The Balaban J connectivity index is 0.00000144. The number of benzene rings is 1. The van der Waals surface area contributed by atoms with E-state index in [1.54, 1.807) is 12.1 Å². The summed E-state index contributed by atoms with van der Waals surface area (Å²) in [7, 11) is 0. The molecule has 0 aliphatic rings. The van der Waals surface area contributed by atoms with Crippen LogP contribution in [-0.4, -0.2) is 6.54 Å². The number of hydrogen-bond donors (Lipinski definition) is 2. The molecule has 0 amide bonds. The van der Waals surface area contributed by atoms with Crippen LogP contribution in [0.25, 0.3) is 0 Å². The summed E-state index contributed by atoms with van der Waals surface area (Å²) in [6.07, 6.45) is 0. The second-order valence-corrected chi connectivity index (χ2v) is 3.37. The van der Waals surface area contributed by atoms with Crippen LogP contribution in [0.15, 0.2) is 22.7 Å². The van der Waals surface area contributed by atoms with Crippen LogP contribution in [0.1, 0.15) is 11.6 Å². The maximum atomic E-state index is 12.7. The van der Waals surface area contributed by atoms with Gasteiger partial charge < -0.3 is 11.5 Å². The monoisotopic (exact) mass is 268 g/mol. The molecule has 0 fully saturated rings. The molecule has 0 saturated heterocycles. The van der Waals surface area contributed by atoms with E-state index < -0.39 is 0 Å². The fourth-order valence-electron chi connectivity index (χ4n) is 0.879. The molecule has 0 aliphatic heterocycles. The average molecular weight is 270 g/mol. The first-order valence-corrected chi connectivity index (χ1v) is 4.35. The van der Waals surface area contributed by atoms with Crippen molar-refractivity contribution in [3.8, 4) is 0 Å². The van der Waals surface area contributed by atoms with Gasteiger partial charge in [-0.2, -0.15) is 0 Å². The molecule has 5 heteroatoms. The molecule has 0 heterocycles. The van der Waals surface area contributed by atoms with Crippen molar-refractivity contribution in [3.63, 3.8) is 0 Å². The molecule has 0 unspecified atom stereocenters. The summed E-state index contributed by atoms with van der Waals surface area (Å²) in [6.45, 7) is 0.359. The lowest BCUT2D eigenvalue weighted by atomic mass is 10.1. The smallest absolute Gasteiger partial charge is 0.137 e. The molecule has 0 saturated carbocycles. The average Bonchev–Trinajstić information content (AvgIpc) is 2.08. The highest BCUT2D eigenvalue weighted by atomic mass is 79.9. The zero-order valence-corrected chi connectivity index (χ0v) is 9.24. The standard InChI is InChI=1S/C8H10BrFN2.ClH/c9-6-3-5(8(12)4-11)1-2-7(6)10;/h1-3,8H,4,11-12H2;1H/t8-;/m1./s1. The maximum absolute atomic E-state index is 12.7. The van der Waals surface area contributed by atoms with Gasteiger partial charge in [0.1, 0.15) is 5.82 Å². The number of rotatable bonds is 2. The Morgan fingerprint density at radius 1 is 1.46 bits per heavy atom. The van der Waals surface area contributed by atoms with Gasteiger partial charge in [-0.25, -0.2) is 4.39 Å². The van der Waals surface area contributed by atoms with Gasteiger partial charge in [-0.15, -0.1) is 12.4 Å². The van der Waals surface area contributed by atoms with E-state index >= 15 is 0 Å². The summed E-state index contributed by atoms with van der Waals surface area (Å²) in [5.41, 5.74) is 11.8. The SMILES string of the molecule is Cl.NC[C@@H](N)c1ccc(F)c(Br)c1. The molecule has 0 spiro atoms. The first-order valence-electron chi connectivity index (χ1n) is 3.55. The molecule has 0 aromatic heterocycles. The van der Waals surface area contributed by atoms with Crippen LogP contribution in [0.4, 0.5) is 4.39 Å². The summed E-state index contributed by atoms with van der Waals surface area (Å²) >= 11 is 3.07. The highest BCUT2D eigenvalue weighted by Crippen LogP contribution is 2.19. The minimum absolute atomic E-state index is 0. The van der Waals surface area contributed by atoms with Gasteiger partial charge >= 0.3 is 0 Å². The van der Waals surface area contributed by atoms with E-state index in [0.29, 0.717) is 11.0 Å². The molecule has 0 radical (unpaired) electrons. The van der Waals surface area contributed by atoms with Crippen molar-refractivity contribution in [2.45, 2.75) is 6.04 Å². The quantitative estimate of drug-likeness (QED) is 0.862. The largest absolute Gasteiger partial charge is 0.329 e.